The smallest absolute Gasteiger partial charge is 0.335 e. The summed E-state index contributed by atoms with van der Waals surface area (Å²) in [4.78, 5) is 14.6. The Morgan fingerprint density at radius 3 is 0.796 bits per heavy atom. The third-order valence-corrected chi connectivity index (χ3v) is 11.7. The summed E-state index contributed by atoms with van der Waals surface area (Å²) in [5.41, 5.74) is 6.91. The number of rotatable bonds is 11. The van der Waals surface area contributed by atoms with Gasteiger partial charge in [-0.1, -0.05) is 182 Å². The van der Waals surface area contributed by atoms with E-state index in [9.17, 15) is 9.90 Å². The maximum atomic E-state index is 12.8. The summed E-state index contributed by atoms with van der Waals surface area (Å²) in [6.45, 7) is 0. The van der Waals surface area contributed by atoms with Gasteiger partial charge in [0.25, 0.3) is 0 Å². The van der Waals surface area contributed by atoms with E-state index in [0.717, 1.165) is 43.2 Å². The Morgan fingerprint density at radius 2 is 0.592 bits per heavy atom. The molecule has 0 aliphatic rings. The molecule has 0 aromatic heterocycles. The SMILES string of the molecule is O=C(O)c1cc(SC(c2ccccc2)(c2ccccc2)c2ccccc2)cc(SC(c2ccccc2)(c2ccccc2)c2ccccc2)c1. The van der Waals surface area contributed by atoms with Gasteiger partial charge in [0.15, 0.2) is 0 Å². The van der Waals surface area contributed by atoms with Gasteiger partial charge in [-0.25, -0.2) is 4.79 Å². The van der Waals surface area contributed by atoms with Crippen LogP contribution in [0.15, 0.2) is 210 Å². The molecule has 0 amide bonds. The van der Waals surface area contributed by atoms with Gasteiger partial charge in [0.2, 0.25) is 0 Å². The molecule has 2 nitrogen and oxygen atoms in total. The Kier molecular flexibility index (Phi) is 9.51. The van der Waals surface area contributed by atoms with E-state index in [1.54, 1.807) is 23.5 Å². The normalized spacial score (nSPS) is 11.6. The van der Waals surface area contributed by atoms with Crippen LogP contribution in [0.1, 0.15) is 43.7 Å². The van der Waals surface area contributed by atoms with E-state index in [-0.39, 0.29) is 5.56 Å². The second-order valence-corrected chi connectivity index (χ2v) is 14.3. The number of hydrogen-bond acceptors (Lipinski definition) is 3. The van der Waals surface area contributed by atoms with Gasteiger partial charge in [0.1, 0.15) is 0 Å². The van der Waals surface area contributed by atoms with Crippen molar-refractivity contribution in [3.8, 4) is 0 Å². The first-order chi connectivity index (χ1) is 24.1. The van der Waals surface area contributed by atoms with E-state index in [1.165, 1.54) is 0 Å². The zero-order valence-corrected chi connectivity index (χ0v) is 28.4. The highest BCUT2D eigenvalue weighted by Gasteiger charge is 2.40. The van der Waals surface area contributed by atoms with Gasteiger partial charge in [-0.05, 0) is 51.6 Å². The standard InChI is InChI=1S/C45H34O2S2/c46-43(47)34-31-41(48-44(35-19-7-1-8-20-35,36-21-9-2-10-22-36)37-23-11-3-12-24-37)33-42(32-34)49-45(38-25-13-4-14-26-38,39-27-15-5-16-28-39)40-29-17-6-18-30-40/h1-33H,(H,46,47). The zero-order valence-electron chi connectivity index (χ0n) is 26.7. The van der Waals surface area contributed by atoms with Crippen LogP contribution in [0.5, 0.6) is 0 Å². The molecule has 7 rings (SSSR count). The molecule has 7 aromatic carbocycles. The highest BCUT2D eigenvalue weighted by atomic mass is 32.2. The largest absolute Gasteiger partial charge is 0.478 e. The lowest BCUT2D eigenvalue weighted by Gasteiger charge is -2.37. The maximum Gasteiger partial charge on any atom is 0.335 e. The average molecular weight is 671 g/mol. The third-order valence-electron chi connectivity index (χ3n) is 8.75. The molecule has 0 heterocycles. The molecule has 49 heavy (non-hydrogen) atoms. The first-order valence-corrected chi connectivity index (χ1v) is 17.8. The van der Waals surface area contributed by atoms with E-state index in [1.807, 2.05) is 48.5 Å². The number of benzene rings is 7. The van der Waals surface area contributed by atoms with Crippen LogP contribution >= 0.6 is 23.5 Å². The maximum absolute atomic E-state index is 12.8. The number of thioether (sulfide) groups is 2. The minimum Gasteiger partial charge on any atom is -0.478 e. The Hall–Kier alpha value is -5.29. The second kappa shape index (κ2) is 14.4. The monoisotopic (exact) mass is 670 g/mol. The number of carboxylic acids is 1. The molecule has 0 aliphatic carbocycles. The van der Waals surface area contributed by atoms with Crippen LogP contribution in [-0.2, 0) is 9.49 Å². The van der Waals surface area contributed by atoms with Gasteiger partial charge in [0, 0.05) is 9.79 Å². The van der Waals surface area contributed by atoms with E-state index in [4.69, 9.17) is 0 Å². The van der Waals surface area contributed by atoms with Crippen molar-refractivity contribution in [1.29, 1.82) is 0 Å². The van der Waals surface area contributed by atoms with Crippen LogP contribution in [0.25, 0.3) is 0 Å². The highest BCUT2D eigenvalue weighted by molar-refractivity contribution is 8.01. The van der Waals surface area contributed by atoms with Crippen LogP contribution in [0.3, 0.4) is 0 Å². The van der Waals surface area contributed by atoms with Crippen LogP contribution < -0.4 is 0 Å². The molecule has 0 unspecified atom stereocenters. The zero-order chi connectivity index (χ0) is 33.5. The van der Waals surface area contributed by atoms with Crippen LogP contribution in [0, 0.1) is 0 Å². The Labute approximate surface area is 296 Å². The van der Waals surface area contributed by atoms with Crippen LogP contribution in [0.2, 0.25) is 0 Å². The highest BCUT2D eigenvalue weighted by Crippen LogP contribution is 2.55. The van der Waals surface area contributed by atoms with Gasteiger partial charge >= 0.3 is 5.97 Å². The first kappa shape index (κ1) is 32.3. The summed E-state index contributed by atoms with van der Waals surface area (Å²) in [6, 6.07) is 68.8. The minimum atomic E-state index is -0.959. The van der Waals surface area contributed by atoms with E-state index < -0.39 is 15.5 Å². The van der Waals surface area contributed by atoms with E-state index in [2.05, 4.69) is 152 Å². The molecule has 0 fully saturated rings. The molecule has 0 bridgehead atoms. The summed E-state index contributed by atoms with van der Waals surface area (Å²) in [7, 11) is 0. The van der Waals surface area contributed by atoms with Crippen molar-refractivity contribution in [2.45, 2.75) is 19.3 Å². The molecule has 0 radical (unpaired) electrons. The van der Waals surface area contributed by atoms with Gasteiger partial charge in [-0.15, -0.1) is 23.5 Å². The van der Waals surface area contributed by atoms with Gasteiger partial charge in [0.05, 0.1) is 15.1 Å². The molecule has 0 spiro atoms. The lowest BCUT2D eigenvalue weighted by molar-refractivity contribution is 0.0696. The predicted octanol–water partition coefficient (Wildman–Crippen LogP) is 11.6. The second-order valence-electron chi connectivity index (χ2n) is 11.8. The Morgan fingerprint density at radius 1 is 0.367 bits per heavy atom. The van der Waals surface area contributed by atoms with Crippen LogP contribution in [0.4, 0.5) is 0 Å². The first-order valence-electron chi connectivity index (χ1n) is 16.2. The summed E-state index contributed by atoms with van der Waals surface area (Å²) in [6.07, 6.45) is 0. The van der Waals surface area contributed by atoms with Gasteiger partial charge < -0.3 is 5.11 Å². The molecule has 7 aromatic rings. The minimum absolute atomic E-state index is 0.249. The third kappa shape index (κ3) is 6.46. The number of hydrogen-bond donors (Lipinski definition) is 1. The van der Waals surface area contributed by atoms with Crippen molar-refractivity contribution in [3.63, 3.8) is 0 Å². The van der Waals surface area contributed by atoms with E-state index in [0.29, 0.717) is 0 Å². The molecule has 0 aliphatic heterocycles. The van der Waals surface area contributed by atoms with Crippen molar-refractivity contribution < 1.29 is 9.90 Å². The molecule has 4 heteroatoms. The molecule has 238 valence electrons. The lowest BCUT2D eigenvalue weighted by Crippen LogP contribution is -2.26. The fourth-order valence-electron chi connectivity index (χ4n) is 6.56. The molecular formula is C45H34O2S2. The number of carbonyl (C=O) groups is 1. The summed E-state index contributed by atoms with van der Waals surface area (Å²) in [5.74, 6) is -0.959. The lowest BCUT2D eigenvalue weighted by atomic mass is 9.84. The molecule has 1 N–H and O–H groups in total. The predicted molar refractivity (Wildman–Crippen MR) is 204 cm³/mol. The topological polar surface area (TPSA) is 37.3 Å². The molecular weight excluding hydrogens is 637 g/mol. The Balaban J connectivity index is 1.46. The van der Waals surface area contributed by atoms with Crippen molar-refractivity contribution in [2.24, 2.45) is 0 Å². The quantitative estimate of drug-likeness (QED) is 0.110. The molecule has 0 atom stereocenters. The van der Waals surface area contributed by atoms with Crippen molar-refractivity contribution >= 4 is 29.5 Å². The summed E-state index contributed by atoms with van der Waals surface area (Å²) < 4.78 is -1.31. The molecule has 0 saturated carbocycles. The molecule has 0 saturated heterocycles. The van der Waals surface area contributed by atoms with Crippen molar-refractivity contribution in [3.05, 3.63) is 239 Å². The van der Waals surface area contributed by atoms with Crippen molar-refractivity contribution in [2.75, 3.05) is 0 Å². The van der Waals surface area contributed by atoms with E-state index >= 15 is 0 Å². The summed E-state index contributed by atoms with van der Waals surface area (Å²) >= 11 is 3.36. The van der Waals surface area contributed by atoms with Crippen molar-refractivity contribution in [1.82, 2.24) is 0 Å². The number of carboxylic acid groups (broad SMARTS) is 1. The fourth-order valence-corrected chi connectivity index (χ4v) is 9.61. The number of aromatic carboxylic acids is 1. The van der Waals surface area contributed by atoms with Gasteiger partial charge in [-0.3, -0.25) is 0 Å². The summed E-state index contributed by atoms with van der Waals surface area (Å²) in [5, 5.41) is 10.5. The van der Waals surface area contributed by atoms with Crippen LogP contribution in [-0.4, -0.2) is 11.1 Å². The fraction of sp³-hybridized carbons (Fsp3) is 0.0444. The van der Waals surface area contributed by atoms with Gasteiger partial charge in [-0.2, -0.15) is 0 Å². The Bertz CT molecular complexity index is 1780. The average Bonchev–Trinajstić information content (AvgIpc) is 3.18.